The highest BCUT2D eigenvalue weighted by atomic mass is 32.2. The molecule has 0 radical (unpaired) electrons. The van der Waals surface area contributed by atoms with Gasteiger partial charge in [0.15, 0.2) is 0 Å². The van der Waals surface area contributed by atoms with Crippen molar-refractivity contribution in [2.75, 3.05) is 19.1 Å². The summed E-state index contributed by atoms with van der Waals surface area (Å²) in [4.78, 5) is 13.2. The van der Waals surface area contributed by atoms with Gasteiger partial charge in [0, 0.05) is 18.8 Å². The maximum Gasteiger partial charge on any atom is 0.410 e. The number of rotatable bonds is 3. The molecule has 0 fully saturated rings. The second-order valence-electron chi connectivity index (χ2n) is 4.40. The number of hydrogen-bond donors (Lipinski definition) is 0. The third-order valence-corrected chi connectivity index (χ3v) is 2.57. The number of ether oxygens (including phenoxy) is 1. The van der Waals surface area contributed by atoms with Gasteiger partial charge in [-0.15, -0.1) is 0 Å². The summed E-state index contributed by atoms with van der Waals surface area (Å²) in [5.41, 5.74) is -0.412. The Morgan fingerprint density at radius 1 is 1.50 bits per heavy atom. The van der Waals surface area contributed by atoms with E-state index in [-0.39, 0.29) is 12.1 Å². The molecule has 0 aliphatic carbocycles. The highest BCUT2D eigenvalue weighted by Crippen LogP contribution is 2.12. The Labute approximate surface area is 91.2 Å². The number of hydrogen-bond acceptors (Lipinski definition) is 3. The molecule has 0 unspecified atom stereocenters. The molecule has 0 bridgehead atoms. The molecule has 0 N–H and O–H groups in total. The molecule has 0 aliphatic rings. The molecule has 0 aromatic carbocycles. The Hall–Kier alpha value is -0.380. The summed E-state index contributed by atoms with van der Waals surface area (Å²) in [5.74, 6) is 0.926. The second-order valence-corrected chi connectivity index (χ2v) is 5.31. The van der Waals surface area contributed by atoms with Crippen molar-refractivity contribution in [1.82, 2.24) is 4.90 Å². The average Bonchev–Trinajstić information content (AvgIpc) is 2.00. The van der Waals surface area contributed by atoms with Gasteiger partial charge in [-0.1, -0.05) is 0 Å². The van der Waals surface area contributed by atoms with Gasteiger partial charge >= 0.3 is 6.09 Å². The quantitative estimate of drug-likeness (QED) is 0.730. The van der Waals surface area contributed by atoms with Crippen molar-refractivity contribution in [3.8, 4) is 0 Å². The molecule has 14 heavy (non-hydrogen) atoms. The summed E-state index contributed by atoms with van der Waals surface area (Å²) in [5, 5.41) is 0. The molecule has 0 aromatic heterocycles. The van der Waals surface area contributed by atoms with Crippen LogP contribution in [0.4, 0.5) is 4.79 Å². The minimum Gasteiger partial charge on any atom is -0.444 e. The van der Waals surface area contributed by atoms with Crippen LogP contribution in [0.5, 0.6) is 0 Å². The van der Waals surface area contributed by atoms with E-state index in [0.717, 1.165) is 5.75 Å². The predicted molar refractivity (Wildman–Crippen MR) is 61.8 cm³/mol. The molecule has 1 atom stereocenters. The van der Waals surface area contributed by atoms with E-state index in [0.29, 0.717) is 0 Å². The first kappa shape index (κ1) is 13.6. The van der Waals surface area contributed by atoms with Crippen molar-refractivity contribution in [2.45, 2.75) is 39.3 Å². The lowest BCUT2D eigenvalue weighted by Crippen LogP contribution is -2.40. The molecular weight excluding hydrogens is 198 g/mol. The van der Waals surface area contributed by atoms with Crippen LogP contribution >= 0.6 is 11.8 Å². The van der Waals surface area contributed by atoms with Crippen molar-refractivity contribution >= 4 is 17.9 Å². The monoisotopic (exact) mass is 219 g/mol. The average molecular weight is 219 g/mol. The third-order valence-electron chi connectivity index (χ3n) is 1.75. The zero-order valence-electron chi connectivity index (χ0n) is 9.96. The van der Waals surface area contributed by atoms with E-state index in [1.165, 1.54) is 0 Å². The molecule has 1 amide bonds. The summed E-state index contributed by atoms with van der Waals surface area (Å²) in [6.45, 7) is 7.63. The van der Waals surface area contributed by atoms with E-state index in [1.807, 2.05) is 34.0 Å². The van der Waals surface area contributed by atoms with Crippen molar-refractivity contribution < 1.29 is 9.53 Å². The molecule has 0 spiro atoms. The standard InChI is InChI=1S/C10H21NO2S/c1-8(7-14-6)11(5)9(12)13-10(2,3)4/h8H,7H2,1-6H3/t8-/m1/s1. The molecule has 0 heterocycles. The maximum atomic E-state index is 11.6. The molecule has 0 aliphatic heterocycles. The van der Waals surface area contributed by atoms with Gasteiger partial charge in [0.05, 0.1) is 0 Å². The summed E-state index contributed by atoms with van der Waals surface area (Å²) in [6, 6.07) is 0.208. The number of thioether (sulfide) groups is 1. The Morgan fingerprint density at radius 2 is 2.00 bits per heavy atom. The number of amides is 1. The third kappa shape index (κ3) is 5.37. The zero-order chi connectivity index (χ0) is 11.4. The van der Waals surface area contributed by atoms with Gasteiger partial charge in [-0.25, -0.2) is 4.79 Å². The Kier molecular flexibility index (Phi) is 5.34. The fourth-order valence-electron chi connectivity index (χ4n) is 0.867. The molecule has 0 aromatic rings. The number of nitrogens with zero attached hydrogens (tertiary/aromatic N) is 1. The van der Waals surface area contributed by atoms with E-state index in [2.05, 4.69) is 0 Å². The van der Waals surface area contributed by atoms with Gasteiger partial charge in [-0.05, 0) is 34.0 Å². The molecule has 0 rings (SSSR count). The van der Waals surface area contributed by atoms with Crippen LogP contribution in [0.25, 0.3) is 0 Å². The van der Waals surface area contributed by atoms with E-state index >= 15 is 0 Å². The molecule has 84 valence electrons. The first-order valence-electron chi connectivity index (χ1n) is 4.72. The summed E-state index contributed by atoms with van der Waals surface area (Å²) < 4.78 is 5.24. The van der Waals surface area contributed by atoms with E-state index in [4.69, 9.17) is 4.74 Å². The van der Waals surface area contributed by atoms with Gasteiger partial charge in [-0.2, -0.15) is 11.8 Å². The van der Waals surface area contributed by atoms with Crippen LogP contribution in [0.2, 0.25) is 0 Å². The lowest BCUT2D eigenvalue weighted by atomic mass is 10.2. The van der Waals surface area contributed by atoms with Gasteiger partial charge in [0.25, 0.3) is 0 Å². The van der Waals surface area contributed by atoms with Crippen LogP contribution in [0.1, 0.15) is 27.7 Å². The van der Waals surface area contributed by atoms with Crippen molar-refractivity contribution in [2.24, 2.45) is 0 Å². The zero-order valence-corrected chi connectivity index (χ0v) is 10.8. The Morgan fingerprint density at radius 3 is 2.36 bits per heavy atom. The van der Waals surface area contributed by atoms with Crippen LogP contribution in [-0.2, 0) is 4.74 Å². The van der Waals surface area contributed by atoms with Crippen LogP contribution in [0.3, 0.4) is 0 Å². The van der Waals surface area contributed by atoms with E-state index < -0.39 is 5.60 Å². The molecule has 0 saturated heterocycles. The topological polar surface area (TPSA) is 29.5 Å². The van der Waals surface area contributed by atoms with E-state index in [9.17, 15) is 4.79 Å². The first-order valence-corrected chi connectivity index (χ1v) is 6.12. The second kappa shape index (κ2) is 5.49. The predicted octanol–water partition coefficient (Wildman–Crippen LogP) is 2.60. The fraction of sp³-hybridized carbons (Fsp3) is 0.900. The minimum atomic E-state index is -0.412. The van der Waals surface area contributed by atoms with Gasteiger partial charge < -0.3 is 9.64 Å². The molecular formula is C10H21NO2S. The molecule has 4 heteroatoms. The summed E-state index contributed by atoms with van der Waals surface area (Å²) in [7, 11) is 1.77. The maximum absolute atomic E-state index is 11.6. The van der Waals surface area contributed by atoms with Crippen LogP contribution in [0.15, 0.2) is 0 Å². The van der Waals surface area contributed by atoms with Crippen molar-refractivity contribution in [3.63, 3.8) is 0 Å². The molecule has 0 saturated carbocycles. The van der Waals surface area contributed by atoms with Crippen LogP contribution in [-0.4, -0.2) is 41.7 Å². The lowest BCUT2D eigenvalue weighted by Gasteiger charge is -2.28. The molecule has 3 nitrogen and oxygen atoms in total. The minimum absolute atomic E-state index is 0.208. The van der Waals surface area contributed by atoms with Crippen LogP contribution in [0, 0.1) is 0 Å². The van der Waals surface area contributed by atoms with Gasteiger partial charge in [0.2, 0.25) is 0 Å². The largest absolute Gasteiger partial charge is 0.444 e. The summed E-state index contributed by atoms with van der Waals surface area (Å²) >= 11 is 1.72. The Balaban J connectivity index is 4.12. The highest BCUT2D eigenvalue weighted by Gasteiger charge is 2.22. The lowest BCUT2D eigenvalue weighted by molar-refractivity contribution is 0.0252. The highest BCUT2D eigenvalue weighted by molar-refractivity contribution is 7.98. The number of carbonyl (C=O) groups is 1. The van der Waals surface area contributed by atoms with Crippen molar-refractivity contribution in [1.29, 1.82) is 0 Å². The van der Waals surface area contributed by atoms with Crippen LogP contribution < -0.4 is 0 Å². The van der Waals surface area contributed by atoms with Gasteiger partial charge in [0.1, 0.15) is 5.60 Å². The smallest absolute Gasteiger partial charge is 0.410 e. The normalized spacial score (nSPS) is 13.6. The van der Waals surface area contributed by atoms with Gasteiger partial charge in [-0.3, -0.25) is 0 Å². The number of carbonyl (C=O) groups excluding carboxylic acids is 1. The Bertz CT molecular complexity index is 189. The SMILES string of the molecule is CSC[C@@H](C)N(C)C(=O)OC(C)(C)C. The van der Waals surface area contributed by atoms with E-state index in [1.54, 1.807) is 23.7 Å². The summed E-state index contributed by atoms with van der Waals surface area (Å²) in [6.07, 6.45) is 1.78. The fourth-order valence-corrected chi connectivity index (χ4v) is 1.57. The van der Waals surface area contributed by atoms with Crippen molar-refractivity contribution in [3.05, 3.63) is 0 Å². The first-order chi connectivity index (χ1) is 6.28.